The van der Waals surface area contributed by atoms with Gasteiger partial charge < -0.3 is 10.6 Å². The molecule has 0 saturated carbocycles. The summed E-state index contributed by atoms with van der Waals surface area (Å²) in [5, 5.41) is 7.36. The van der Waals surface area contributed by atoms with Crippen LogP contribution in [-0.2, 0) is 0 Å². The van der Waals surface area contributed by atoms with Crippen molar-refractivity contribution in [3.63, 3.8) is 0 Å². The third-order valence-electron chi connectivity index (χ3n) is 4.06. The van der Waals surface area contributed by atoms with Crippen molar-refractivity contribution >= 4 is 23.0 Å². The molecular weight excluding hydrogens is 324 g/mol. The average Bonchev–Trinajstić information content (AvgIpc) is 2.60. The maximum Gasteiger partial charge on any atom is 0.171 e. The van der Waals surface area contributed by atoms with Crippen LogP contribution in [0.15, 0.2) is 78.9 Å². The molecule has 0 radical (unpaired) electrons. The van der Waals surface area contributed by atoms with Gasteiger partial charge in [0.05, 0.1) is 6.04 Å². The van der Waals surface area contributed by atoms with Crippen LogP contribution in [0.4, 0.5) is 5.69 Å². The molecule has 126 valence electrons. The maximum absolute atomic E-state index is 5.57. The molecular formula is C22H22N2S. The molecule has 3 aromatic rings. The maximum atomic E-state index is 5.57. The fourth-order valence-electron chi connectivity index (χ4n) is 2.88. The first-order valence-electron chi connectivity index (χ1n) is 8.37. The summed E-state index contributed by atoms with van der Waals surface area (Å²) in [6.07, 6.45) is 0. The van der Waals surface area contributed by atoms with E-state index in [1.54, 1.807) is 0 Å². The lowest BCUT2D eigenvalue weighted by Gasteiger charge is -2.22. The molecule has 0 fully saturated rings. The van der Waals surface area contributed by atoms with Crippen LogP contribution in [0.2, 0.25) is 0 Å². The molecule has 0 amide bonds. The topological polar surface area (TPSA) is 24.1 Å². The van der Waals surface area contributed by atoms with Crippen molar-refractivity contribution < 1.29 is 0 Å². The van der Waals surface area contributed by atoms with Gasteiger partial charge in [0.2, 0.25) is 0 Å². The Kier molecular flexibility index (Phi) is 5.46. The molecule has 0 unspecified atom stereocenters. The minimum absolute atomic E-state index is 0.00547. The fourth-order valence-corrected chi connectivity index (χ4v) is 3.11. The molecule has 0 aliphatic rings. The third-order valence-corrected chi connectivity index (χ3v) is 4.28. The smallest absolute Gasteiger partial charge is 0.171 e. The Morgan fingerprint density at radius 1 is 0.760 bits per heavy atom. The summed E-state index contributed by atoms with van der Waals surface area (Å²) >= 11 is 5.57. The number of nitrogens with one attached hydrogen (secondary N) is 2. The van der Waals surface area contributed by atoms with Crippen LogP contribution in [0.1, 0.15) is 28.3 Å². The lowest BCUT2D eigenvalue weighted by atomic mass is 9.97. The molecule has 3 aromatic carbocycles. The molecule has 0 heterocycles. The highest BCUT2D eigenvalue weighted by Gasteiger charge is 2.15. The van der Waals surface area contributed by atoms with Gasteiger partial charge in [0, 0.05) is 5.69 Å². The molecule has 2 nitrogen and oxygen atoms in total. The largest absolute Gasteiger partial charge is 0.352 e. The standard InChI is InChI=1S/C22H22N2S/c1-16-8-6-12-19(14-16)21(18-10-4-3-5-11-18)24-22(25)23-20-13-7-9-17(2)15-20/h3-15,21H,1-2H3,(H2,23,24,25)/t21-/m0/s1. The van der Waals surface area contributed by atoms with Gasteiger partial charge in [-0.05, 0) is 54.9 Å². The van der Waals surface area contributed by atoms with E-state index in [1.807, 2.05) is 18.2 Å². The Hall–Kier alpha value is -2.65. The van der Waals surface area contributed by atoms with E-state index >= 15 is 0 Å². The van der Waals surface area contributed by atoms with Crippen LogP contribution >= 0.6 is 12.2 Å². The molecule has 3 heteroatoms. The first-order chi connectivity index (χ1) is 12.1. The third kappa shape index (κ3) is 4.68. The van der Waals surface area contributed by atoms with Gasteiger partial charge in [-0.1, -0.05) is 72.3 Å². The molecule has 0 aliphatic carbocycles. The van der Waals surface area contributed by atoms with Crippen LogP contribution in [0.3, 0.4) is 0 Å². The van der Waals surface area contributed by atoms with Crippen molar-refractivity contribution in [2.24, 2.45) is 0 Å². The summed E-state index contributed by atoms with van der Waals surface area (Å²) in [6.45, 7) is 4.18. The number of benzene rings is 3. The number of rotatable bonds is 4. The predicted octanol–water partition coefficient (Wildman–Crippen LogP) is 5.38. The highest BCUT2D eigenvalue weighted by atomic mass is 32.1. The van der Waals surface area contributed by atoms with Crippen molar-refractivity contribution in [3.8, 4) is 0 Å². The lowest BCUT2D eigenvalue weighted by molar-refractivity contribution is 0.768. The van der Waals surface area contributed by atoms with Crippen LogP contribution in [0, 0.1) is 13.8 Å². The van der Waals surface area contributed by atoms with Gasteiger partial charge in [-0.3, -0.25) is 0 Å². The van der Waals surface area contributed by atoms with E-state index in [4.69, 9.17) is 12.2 Å². The summed E-state index contributed by atoms with van der Waals surface area (Å²) in [4.78, 5) is 0. The normalized spacial score (nSPS) is 11.6. The number of hydrogen-bond donors (Lipinski definition) is 2. The zero-order chi connectivity index (χ0) is 17.6. The summed E-state index contributed by atoms with van der Waals surface area (Å²) < 4.78 is 0. The summed E-state index contributed by atoms with van der Waals surface area (Å²) in [6, 6.07) is 27.1. The molecule has 2 N–H and O–H groups in total. The van der Waals surface area contributed by atoms with Gasteiger partial charge in [0.15, 0.2) is 5.11 Å². The Labute approximate surface area is 154 Å². The number of aryl methyl sites for hydroxylation is 2. The Bertz CT molecular complexity index is 859. The van der Waals surface area contributed by atoms with Crippen molar-refractivity contribution in [2.75, 3.05) is 5.32 Å². The van der Waals surface area contributed by atoms with E-state index in [0.717, 1.165) is 5.69 Å². The summed E-state index contributed by atoms with van der Waals surface area (Å²) in [5.41, 5.74) is 5.80. The van der Waals surface area contributed by atoms with E-state index in [0.29, 0.717) is 5.11 Å². The monoisotopic (exact) mass is 346 g/mol. The van der Waals surface area contributed by atoms with E-state index < -0.39 is 0 Å². The summed E-state index contributed by atoms with van der Waals surface area (Å²) in [7, 11) is 0. The number of thiocarbonyl (C=S) groups is 1. The van der Waals surface area contributed by atoms with E-state index in [2.05, 4.69) is 85.1 Å². The zero-order valence-electron chi connectivity index (χ0n) is 14.5. The quantitative estimate of drug-likeness (QED) is 0.620. The fraction of sp³-hybridized carbons (Fsp3) is 0.136. The van der Waals surface area contributed by atoms with Gasteiger partial charge >= 0.3 is 0 Å². The van der Waals surface area contributed by atoms with Crippen LogP contribution < -0.4 is 10.6 Å². The number of anilines is 1. The van der Waals surface area contributed by atoms with Crippen molar-refractivity contribution in [3.05, 3.63) is 101 Å². The second kappa shape index (κ2) is 7.95. The molecule has 0 aliphatic heterocycles. The van der Waals surface area contributed by atoms with Crippen LogP contribution in [0.25, 0.3) is 0 Å². The van der Waals surface area contributed by atoms with Gasteiger partial charge in [0.1, 0.15) is 0 Å². The molecule has 0 aromatic heterocycles. The molecule has 25 heavy (non-hydrogen) atoms. The van der Waals surface area contributed by atoms with E-state index in [-0.39, 0.29) is 6.04 Å². The van der Waals surface area contributed by atoms with Crippen molar-refractivity contribution in [2.45, 2.75) is 19.9 Å². The predicted molar refractivity (Wildman–Crippen MR) is 110 cm³/mol. The van der Waals surface area contributed by atoms with Gasteiger partial charge in [-0.25, -0.2) is 0 Å². The number of hydrogen-bond acceptors (Lipinski definition) is 1. The highest BCUT2D eigenvalue weighted by Crippen LogP contribution is 2.23. The van der Waals surface area contributed by atoms with Crippen LogP contribution in [0.5, 0.6) is 0 Å². The van der Waals surface area contributed by atoms with Gasteiger partial charge in [-0.15, -0.1) is 0 Å². The minimum atomic E-state index is 0.00547. The molecule has 0 spiro atoms. The Morgan fingerprint density at radius 3 is 2.08 bits per heavy atom. The first-order valence-corrected chi connectivity index (χ1v) is 8.78. The van der Waals surface area contributed by atoms with E-state index in [9.17, 15) is 0 Å². The Balaban J connectivity index is 1.84. The molecule has 0 bridgehead atoms. The van der Waals surface area contributed by atoms with E-state index in [1.165, 1.54) is 22.3 Å². The lowest BCUT2D eigenvalue weighted by Crippen LogP contribution is -2.33. The van der Waals surface area contributed by atoms with Gasteiger partial charge in [-0.2, -0.15) is 0 Å². The summed E-state index contributed by atoms with van der Waals surface area (Å²) in [5.74, 6) is 0. The molecule has 1 atom stereocenters. The van der Waals surface area contributed by atoms with Crippen molar-refractivity contribution in [1.29, 1.82) is 0 Å². The highest BCUT2D eigenvalue weighted by molar-refractivity contribution is 7.80. The minimum Gasteiger partial charge on any atom is -0.352 e. The average molecular weight is 346 g/mol. The second-order valence-corrected chi connectivity index (χ2v) is 6.63. The van der Waals surface area contributed by atoms with Crippen LogP contribution in [-0.4, -0.2) is 5.11 Å². The van der Waals surface area contributed by atoms with Crippen molar-refractivity contribution in [1.82, 2.24) is 5.32 Å². The SMILES string of the molecule is Cc1cccc(NC(=S)N[C@@H](c2ccccc2)c2cccc(C)c2)c1. The molecule has 0 saturated heterocycles. The second-order valence-electron chi connectivity index (χ2n) is 6.23. The zero-order valence-corrected chi connectivity index (χ0v) is 15.3. The first kappa shape index (κ1) is 17.2. The Morgan fingerprint density at radius 2 is 1.40 bits per heavy atom. The van der Waals surface area contributed by atoms with Gasteiger partial charge in [0.25, 0.3) is 0 Å². The molecule has 3 rings (SSSR count).